The summed E-state index contributed by atoms with van der Waals surface area (Å²) in [4.78, 5) is 1.85. The lowest BCUT2D eigenvalue weighted by molar-refractivity contribution is 0.520. The molecule has 0 amide bonds. The first-order valence-corrected chi connectivity index (χ1v) is 13.4. The third-order valence-electron chi connectivity index (χ3n) is 5.15. The second-order valence-corrected chi connectivity index (χ2v) is 12.4. The van der Waals surface area contributed by atoms with Gasteiger partial charge >= 0.3 is 0 Å². The number of sulfonamides is 2. The smallest absolute Gasteiger partial charge is 0.266 e. The van der Waals surface area contributed by atoms with Gasteiger partial charge in [0.2, 0.25) is 10.0 Å². The van der Waals surface area contributed by atoms with Crippen LogP contribution in [0.1, 0.15) is 11.7 Å². The van der Waals surface area contributed by atoms with Crippen molar-refractivity contribution in [3.8, 4) is 0 Å². The fourth-order valence-electron chi connectivity index (χ4n) is 3.59. The second-order valence-electron chi connectivity index (χ2n) is 7.21. The molecule has 4 rings (SSSR count). The maximum atomic E-state index is 13.8. The van der Waals surface area contributed by atoms with Crippen LogP contribution in [-0.2, 0) is 20.0 Å². The van der Waals surface area contributed by atoms with Crippen LogP contribution in [0.3, 0.4) is 0 Å². The number of benzene rings is 2. The monoisotopic (exact) mass is 497 g/mol. The van der Waals surface area contributed by atoms with Crippen LogP contribution in [0, 0.1) is 0 Å². The Morgan fingerprint density at radius 2 is 1.61 bits per heavy atom. The van der Waals surface area contributed by atoms with Crippen LogP contribution in [0.4, 0.5) is 11.4 Å². The number of fused-ring (bicyclic) bond motifs is 1. The van der Waals surface area contributed by atoms with Gasteiger partial charge < -0.3 is 4.90 Å². The van der Waals surface area contributed by atoms with E-state index in [9.17, 15) is 16.8 Å². The molecular formula is C20H20ClN3O4S3. The Morgan fingerprint density at radius 3 is 2.19 bits per heavy atom. The molecule has 7 nitrogen and oxygen atoms in total. The number of hydrogen-bond donors (Lipinski definition) is 0. The van der Waals surface area contributed by atoms with Gasteiger partial charge in [0, 0.05) is 26.7 Å². The molecule has 11 heteroatoms. The van der Waals surface area contributed by atoms with Crippen molar-refractivity contribution < 1.29 is 16.8 Å². The van der Waals surface area contributed by atoms with Gasteiger partial charge in [-0.25, -0.2) is 25.4 Å². The minimum atomic E-state index is -4.03. The highest BCUT2D eigenvalue weighted by atomic mass is 35.5. The first kappa shape index (κ1) is 22.1. The predicted molar refractivity (Wildman–Crippen MR) is 124 cm³/mol. The predicted octanol–water partition coefficient (Wildman–Crippen LogP) is 4.00. The topological polar surface area (TPSA) is 78.0 Å². The van der Waals surface area contributed by atoms with E-state index in [1.807, 2.05) is 21.7 Å². The van der Waals surface area contributed by atoms with Crippen LogP contribution in [0.5, 0.6) is 0 Å². The molecule has 0 saturated heterocycles. The average molecular weight is 498 g/mol. The van der Waals surface area contributed by atoms with Crippen LogP contribution in [0.2, 0.25) is 5.02 Å². The van der Waals surface area contributed by atoms with Crippen molar-refractivity contribution in [3.63, 3.8) is 0 Å². The number of hydrogen-bond acceptors (Lipinski definition) is 6. The zero-order valence-electron chi connectivity index (χ0n) is 16.9. The molecule has 1 unspecified atom stereocenters. The molecule has 0 radical (unpaired) electrons. The van der Waals surface area contributed by atoms with Crippen LogP contribution >= 0.6 is 22.9 Å². The van der Waals surface area contributed by atoms with Gasteiger partial charge in [0.15, 0.2) is 0 Å². The molecule has 31 heavy (non-hydrogen) atoms. The molecule has 0 N–H and O–H groups in total. The fourth-order valence-corrected chi connectivity index (χ4v) is 7.11. The minimum Gasteiger partial charge on any atom is -0.347 e. The van der Waals surface area contributed by atoms with Crippen molar-refractivity contribution >= 4 is 54.4 Å². The molecule has 1 aromatic heterocycles. The lowest BCUT2D eigenvalue weighted by atomic mass is 10.2. The molecule has 0 spiro atoms. The number of thiophene rings is 1. The maximum Gasteiger partial charge on any atom is 0.266 e. The molecule has 0 bridgehead atoms. The number of halogens is 1. The molecule has 3 aromatic rings. The Hall–Kier alpha value is -2.11. The average Bonchev–Trinajstić information content (AvgIpc) is 3.35. The molecule has 1 atom stereocenters. The van der Waals surface area contributed by atoms with E-state index in [1.165, 1.54) is 54.0 Å². The number of rotatable bonds is 5. The summed E-state index contributed by atoms with van der Waals surface area (Å²) in [5, 5.41) is 4.24. The molecule has 0 saturated carbocycles. The Morgan fingerprint density at radius 1 is 0.968 bits per heavy atom. The van der Waals surface area contributed by atoms with E-state index in [2.05, 4.69) is 0 Å². The Labute approximate surface area is 191 Å². The van der Waals surface area contributed by atoms with Crippen molar-refractivity contribution in [2.75, 3.05) is 30.3 Å². The highest BCUT2D eigenvalue weighted by Crippen LogP contribution is 2.51. The fraction of sp³-hybridized carbons (Fsp3) is 0.200. The van der Waals surface area contributed by atoms with Gasteiger partial charge in [-0.15, -0.1) is 0 Å². The van der Waals surface area contributed by atoms with Gasteiger partial charge in [0.1, 0.15) is 6.17 Å². The first-order chi connectivity index (χ1) is 14.6. The van der Waals surface area contributed by atoms with Gasteiger partial charge in [0.25, 0.3) is 10.0 Å². The largest absolute Gasteiger partial charge is 0.347 e. The van der Waals surface area contributed by atoms with Crippen molar-refractivity contribution in [1.82, 2.24) is 4.31 Å². The second kappa shape index (κ2) is 7.79. The number of anilines is 2. The molecule has 1 aliphatic rings. The molecule has 2 aromatic carbocycles. The third kappa shape index (κ3) is 3.52. The van der Waals surface area contributed by atoms with Crippen molar-refractivity contribution in [3.05, 3.63) is 69.9 Å². The van der Waals surface area contributed by atoms with Gasteiger partial charge in [-0.2, -0.15) is 11.3 Å². The highest BCUT2D eigenvalue weighted by Gasteiger charge is 2.43. The number of nitrogens with zero attached hydrogens (tertiary/aromatic N) is 3. The summed E-state index contributed by atoms with van der Waals surface area (Å²) < 4.78 is 54.6. The molecule has 0 aliphatic carbocycles. The molecule has 164 valence electrons. The lowest BCUT2D eigenvalue weighted by Gasteiger charge is -2.30. The van der Waals surface area contributed by atoms with E-state index in [-0.39, 0.29) is 9.79 Å². The number of para-hydroxylation sites is 1. The van der Waals surface area contributed by atoms with Gasteiger partial charge in [-0.1, -0.05) is 17.7 Å². The summed E-state index contributed by atoms with van der Waals surface area (Å²) in [6.07, 6.45) is -0.615. The summed E-state index contributed by atoms with van der Waals surface area (Å²) in [6.45, 7) is 0. The van der Waals surface area contributed by atoms with Crippen LogP contribution in [-0.4, -0.2) is 42.3 Å². The van der Waals surface area contributed by atoms with E-state index < -0.39 is 26.2 Å². The summed E-state index contributed by atoms with van der Waals surface area (Å²) in [6, 6.07) is 12.3. The highest BCUT2D eigenvalue weighted by molar-refractivity contribution is 7.93. The summed E-state index contributed by atoms with van der Waals surface area (Å²) in [5.41, 5.74) is 1.90. The van der Waals surface area contributed by atoms with Crippen molar-refractivity contribution in [2.45, 2.75) is 16.0 Å². The van der Waals surface area contributed by atoms with E-state index in [0.717, 1.165) is 9.87 Å². The van der Waals surface area contributed by atoms with Crippen LogP contribution < -0.4 is 9.21 Å². The van der Waals surface area contributed by atoms with Crippen molar-refractivity contribution in [2.24, 2.45) is 0 Å². The third-order valence-corrected chi connectivity index (χ3v) is 9.76. The SMILES string of the molecule is CN1c2c(Cl)cccc2N(S(=O)(=O)c2ccc(S(=O)(=O)N(C)C)cc2)C1c1ccsc1. The molecule has 2 heterocycles. The normalized spacial score (nSPS) is 16.7. The summed E-state index contributed by atoms with van der Waals surface area (Å²) in [5.74, 6) is 0. The molecule has 1 aliphatic heterocycles. The van der Waals surface area contributed by atoms with Crippen LogP contribution in [0.15, 0.2) is 69.1 Å². The first-order valence-electron chi connectivity index (χ1n) is 9.17. The molecular weight excluding hydrogens is 478 g/mol. The van der Waals surface area contributed by atoms with Crippen LogP contribution in [0.25, 0.3) is 0 Å². The Balaban J connectivity index is 1.85. The Bertz CT molecular complexity index is 1320. The standard InChI is InChI=1S/C20H20ClN3O4S3/c1-22(2)30(25,26)15-7-9-16(10-8-15)31(27,28)24-18-6-4-5-17(21)19(18)23(3)20(24)14-11-12-29-13-14/h4-13,20H,1-3H3. The zero-order chi connectivity index (χ0) is 22.6. The van der Waals surface area contributed by atoms with Gasteiger partial charge in [-0.3, -0.25) is 0 Å². The van der Waals surface area contributed by atoms with E-state index >= 15 is 0 Å². The lowest BCUT2D eigenvalue weighted by Crippen LogP contribution is -2.37. The zero-order valence-corrected chi connectivity index (χ0v) is 20.1. The van der Waals surface area contributed by atoms with Gasteiger partial charge in [0.05, 0.1) is 26.2 Å². The summed E-state index contributed by atoms with van der Waals surface area (Å²) >= 11 is 7.90. The minimum absolute atomic E-state index is 0.00772. The van der Waals surface area contributed by atoms with Gasteiger partial charge in [-0.05, 0) is 53.2 Å². The van der Waals surface area contributed by atoms with E-state index in [0.29, 0.717) is 16.4 Å². The van der Waals surface area contributed by atoms with E-state index in [1.54, 1.807) is 25.2 Å². The maximum absolute atomic E-state index is 13.8. The molecule has 0 fully saturated rings. The quantitative estimate of drug-likeness (QED) is 0.532. The Kier molecular flexibility index (Phi) is 5.55. The summed E-state index contributed by atoms with van der Waals surface area (Å²) in [7, 11) is -3.05. The van der Waals surface area contributed by atoms with Crippen molar-refractivity contribution in [1.29, 1.82) is 0 Å². The van der Waals surface area contributed by atoms with E-state index in [4.69, 9.17) is 11.6 Å².